The molecular weight excluding hydrogens is 278 g/mol. The molecule has 0 radical (unpaired) electrons. The summed E-state index contributed by atoms with van der Waals surface area (Å²) in [5.74, 6) is 0. The summed E-state index contributed by atoms with van der Waals surface area (Å²) in [7, 11) is 2.16. The maximum atomic E-state index is 4.39. The number of thiophene rings is 1. The summed E-state index contributed by atoms with van der Waals surface area (Å²) in [5.41, 5.74) is 2.58. The molecule has 0 amide bonds. The van der Waals surface area contributed by atoms with Crippen molar-refractivity contribution in [2.24, 2.45) is 0 Å². The first-order valence-electron chi connectivity index (χ1n) is 7.61. The van der Waals surface area contributed by atoms with Gasteiger partial charge in [-0.05, 0) is 50.6 Å². The van der Waals surface area contributed by atoms with Crippen molar-refractivity contribution in [2.75, 3.05) is 7.05 Å². The van der Waals surface area contributed by atoms with Gasteiger partial charge < -0.3 is 5.32 Å². The number of aromatic nitrogens is 1. The van der Waals surface area contributed by atoms with Crippen molar-refractivity contribution in [3.05, 3.63) is 51.5 Å². The van der Waals surface area contributed by atoms with E-state index < -0.39 is 0 Å². The molecule has 3 nitrogen and oxygen atoms in total. The molecule has 0 bridgehead atoms. The van der Waals surface area contributed by atoms with Gasteiger partial charge in [0, 0.05) is 41.6 Å². The number of hydrogen-bond donors (Lipinski definition) is 1. The van der Waals surface area contributed by atoms with E-state index in [1.54, 1.807) is 0 Å². The molecular formula is C17H23N3S. The first kappa shape index (κ1) is 14.7. The molecule has 0 aromatic carbocycles. The zero-order chi connectivity index (χ0) is 14.7. The Morgan fingerprint density at radius 3 is 2.90 bits per heavy atom. The smallest absolute Gasteiger partial charge is 0.0543 e. The fourth-order valence-electron chi connectivity index (χ4n) is 2.48. The highest BCUT2D eigenvalue weighted by molar-refractivity contribution is 7.12. The highest BCUT2D eigenvalue weighted by Gasteiger charge is 2.20. The highest BCUT2D eigenvalue weighted by atomic mass is 32.1. The summed E-state index contributed by atoms with van der Waals surface area (Å²) < 4.78 is 0. The van der Waals surface area contributed by atoms with Gasteiger partial charge in [-0.3, -0.25) is 9.88 Å². The van der Waals surface area contributed by atoms with E-state index in [1.807, 2.05) is 29.7 Å². The van der Waals surface area contributed by atoms with Gasteiger partial charge in [-0.25, -0.2) is 0 Å². The van der Waals surface area contributed by atoms with Crippen molar-refractivity contribution >= 4 is 11.3 Å². The van der Waals surface area contributed by atoms with Gasteiger partial charge in [0.2, 0.25) is 0 Å². The lowest BCUT2D eigenvalue weighted by Gasteiger charge is -2.15. The Labute approximate surface area is 131 Å². The van der Waals surface area contributed by atoms with E-state index in [0.717, 1.165) is 31.4 Å². The van der Waals surface area contributed by atoms with Crippen LogP contribution in [0.5, 0.6) is 0 Å². The van der Waals surface area contributed by atoms with Gasteiger partial charge in [0.25, 0.3) is 0 Å². The number of nitrogens with zero attached hydrogens (tertiary/aromatic N) is 2. The average molecular weight is 301 g/mol. The van der Waals surface area contributed by atoms with E-state index in [9.17, 15) is 0 Å². The molecule has 112 valence electrons. The Balaban J connectivity index is 1.55. The van der Waals surface area contributed by atoms with Gasteiger partial charge in [-0.15, -0.1) is 11.3 Å². The molecule has 0 aliphatic heterocycles. The molecule has 0 saturated heterocycles. The van der Waals surface area contributed by atoms with Crippen LogP contribution < -0.4 is 5.32 Å². The van der Waals surface area contributed by atoms with Crippen LogP contribution in [-0.2, 0) is 19.6 Å². The molecule has 0 atom stereocenters. The van der Waals surface area contributed by atoms with Crippen LogP contribution in [0.3, 0.4) is 0 Å². The van der Waals surface area contributed by atoms with Gasteiger partial charge in [-0.2, -0.15) is 0 Å². The molecule has 0 unspecified atom stereocenters. The predicted molar refractivity (Wildman–Crippen MR) is 88.3 cm³/mol. The van der Waals surface area contributed by atoms with Crippen LogP contribution >= 0.6 is 11.3 Å². The minimum absolute atomic E-state index is 0.780. The third-order valence-corrected chi connectivity index (χ3v) is 4.91. The first-order chi connectivity index (χ1) is 10.2. The Hall–Kier alpha value is -1.23. The number of hydrogen-bond acceptors (Lipinski definition) is 4. The SMILES string of the molecule is Cc1sc(CNC2CC2)cc1CN(C)Cc1ccccn1. The summed E-state index contributed by atoms with van der Waals surface area (Å²) in [5, 5.41) is 3.59. The first-order valence-corrected chi connectivity index (χ1v) is 8.42. The van der Waals surface area contributed by atoms with Crippen LogP contribution in [0.4, 0.5) is 0 Å². The second kappa shape index (κ2) is 6.69. The third-order valence-electron chi connectivity index (χ3n) is 3.81. The van der Waals surface area contributed by atoms with Crippen LogP contribution in [0.2, 0.25) is 0 Å². The third kappa shape index (κ3) is 4.37. The maximum absolute atomic E-state index is 4.39. The summed E-state index contributed by atoms with van der Waals surface area (Å²) in [4.78, 5) is 9.62. The van der Waals surface area contributed by atoms with Gasteiger partial charge >= 0.3 is 0 Å². The van der Waals surface area contributed by atoms with Crippen molar-refractivity contribution in [1.29, 1.82) is 0 Å². The molecule has 4 heteroatoms. The molecule has 1 N–H and O–H groups in total. The molecule has 1 fully saturated rings. The molecule has 0 spiro atoms. The summed E-state index contributed by atoms with van der Waals surface area (Å²) in [6.45, 7) is 5.14. The van der Waals surface area contributed by atoms with E-state index in [4.69, 9.17) is 0 Å². The molecule has 3 rings (SSSR count). The molecule has 2 aromatic rings. The lowest BCUT2D eigenvalue weighted by molar-refractivity contribution is 0.315. The largest absolute Gasteiger partial charge is 0.309 e. The molecule has 1 saturated carbocycles. The number of nitrogens with one attached hydrogen (secondary N) is 1. The number of pyridine rings is 1. The number of aryl methyl sites for hydroxylation is 1. The normalized spacial score (nSPS) is 14.8. The Bertz CT molecular complexity index is 575. The van der Waals surface area contributed by atoms with Crippen molar-refractivity contribution in [3.8, 4) is 0 Å². The van der Waals surface area contributed by atoms with Crippen molar-refractivity contribution in [3.63, 3.8) is 0 Å². The zero-order valence-corrected chi connectivity index (χ0v) is 13.6. The predicted octanol–water partition coefficient (Wildman–Crippen LogP) is 3.34. The Kier molecular flexibility index (Phi) is 4.68. The van der Waals surface area contributed by atoms with Crippen LogP contribution in [-0.4, -0.2) is 23.0 Å². The van der Waals surface area contributed by atoms with E-state index in [-0.39, 0.29) is 0 Å². The van der Waals surface area contributed by atoms with Crippen molar-refractivity contribution in [2.45, 2.75) is 45.4 Å². The Morgan fingerprint density at radius 2 is 2.19 bits per heavy atom. The second-order valence-corrected chi connectivity index (χ2v) is 7.28. The van der Waals surface area contributed by atoms with Crippen LogP contribution in [0.1, 0.15) is 33.9 Å². The Morgan fingerprint density at radius 1 is 1.33 bits per heavy atom. The van der Waals surface area contributed by atoms with E-state index in [1.165, 1.54) is 28.2 Å². The minimum atomic E-state index is 0.780. The topological polar surface area (TPSA) is 28.2 Å². The monoisotopic (exact) mass is 301 g/mol. The molecule has 1 aliphatic carbocycles. The molecule has 2 heterocycles. The minimum Gasteiger partial charge on any atom is -0.309 e. The van der Waals surface area contributed by atoms with Gasteiger partial charge in [0.05, 0.1) is 5.69 Å². The van der Waals surface area contributed by atoms with Crippen molar-refractivity contribution in [1.82, 2.24) is 15.2 Å². The maximum Gasteiger partial charge on any atom is 0.0543 e. The van der Waals surface area contributed by atoms with E-state index in [2.05, 4.69) is 41.3 Å². The van der Waals surface area contributed by atoms with Crippen LogP contribution in [0.25, 0.3) is 0 Å². The highest BCUT2D eigenvalue weighted by Crippen LogP contribution is 2.25. The van der Waals surface area contributed by atoms with E-state index in [0.29, 0.717) is 0 Å². The summed E-state index contributed by atoms with van der Waals surface area (Å²) in [6.07, 6.45) is 4.56. The van der Waals surface area contributed by atoms with Gasteiger partial charge in [-0.1, -0.05) is 6.07 Å². The lowest BCUT2D eigenvalue weighted by atomic mass is 10.2. The fourth-order valence-corrected chi connectivity index (χ4v) is 3.48. The van der Waals surface area contributed by atoms with Crippen molar-refractivity contribution < 1.29 is 0 Å². The second-order valence-electron chi connectivity index (χ2n) is 5.94. The van der Waals surface area contributed by atoms with Crippen LogP contribution in [0, 0.1) is 6.92 Å². The quantitative estimate of drug-likeness (QED) is 0.850. The summed E-state index contributed by atoms with van der Waals surface area (Å²) >= 11 is 1.93. The fraction of sp³-hybridized carbons (Fsp3) is 0.471. The summed E-state index contributed by atoms with van der Waals surface area (Å²) in [6, 6.07) is 9.24. The molecule has 1 aliphatic rings. The van der Waals surface area contributed by atoms with Gasteiger partial charge in [0.15, 0.2) is 0 Å². The zero-order valence-electron chi connectivity index (χ0n) is 12.8. The standard InChI is InChI=1S/C17H23N3S/c1-13-14(9-17(21-13)10-19-15-6-7-15)11-20(2)12-16-5-3-4-8-18-16/h3-5,8-9,15,19H,6-7,10-12H2,1-2H3. The molecule has 21 heavy (non-hydrogen) atoms. The average Bonchev–Trinajstić information content (AvgIpc) is 3.23. The number of rotatable bonds is 7. The molecule has 2 aromatic heterocycles. The lowest BCUT2D eigenvalue weighted by Crippen LogP contribution is -2.18. The van der Waals surface area contributed by atoms with E-state index >= 15 is 0 Å². The van der Waals surface area contributed by atoms with Gasteiger partial charge in [0.1, 0.15) is 0 Å². The van der Waals surface area contributed by atoms with Crippen LogP contribution in [0.15, 0.2) is 30.5 Å².